The Kier molecular flexibility index (Phi) is 3.76. The van der Waals surface area contributed by atoms with Crippen LogP contribution in [0.4, 0.5) is 0 Å². The molecule has 2 aromatic rings. The second-order valence-electron chi connectivity index (χ2n) is 8.55. The second-order valence-corrected chi connectivity index (χ2v) is 8.55. The van der Waals surface area contributed by atoms with Crippen LogP contribution in [0.5, 0.6) is 0 Å². The molecular weight excluding hydrogens is 340 g/mol. The molecule has 2 atom stereocenters. The van der Waals surface area contributed by atoms with Crippen LogP contribution in [0.25, 0.3) is 11.1 Å². The van der Waals surface area contributed by atoms with E-state index in [0.717, 1.165) is 29.8 Å². The molecule has 5 rings (SSSR count). The van der Waals surface area contributed by atoms with Crippen molar-refractivity contribution in [2.24, 2.45) is 11.3 Å². The molecule has 3 aliphatic heterocycles. The smallest absolute Gasteiger partial charge is 0.251 e. The van der Waals surface area contributed by atoms with Crippen molar-refractivity contribution in [2.45, 2.75) is 25.8 Å². The number of carbonyl (C=O) groups is 1. The third-order valence-corrected chi connectivity index (χ3v) is 6.31. The SMILES string of the molecule is CC1(C(=O)N2C[C@@H]3C[C@H](C2)c2cc(-c4ccccc4)cc(=O)n2C3)COC1. The molecule has 1 aromatic carbocycles. The number of benzene rings is 1. The molecule has 0 saturated carbocycles. The molecule has 0 N–H and O–H groups in total. The van der Waals surface area contributed by atoms with E-state index < -0.39 is 0 Å². The predicted octanol–water partition coefficient (Wildman–Crippen LogP) is 2.50. The molecule has 27 heavy (non-hydrogen) atoms. The number of aromatic nitrogens is 1. The van der Waals surface area contributed by atoms with Crippen molar-refractivity contribution >= 4 is 5.91 Å². The zero-order valence-electron chi connectivity index (χ0n) is 15.6. The van der Waals surface area contributed by atoms with E-state index in [-0.39, 0.29) is 22.8 Å². The third-order valence-electron chi connectivity index (χ3n) is 6.31. The van der Waals surface area contributed by atoms with E-state index in [1.54, 1.807) is 6.07 Å². The van der Waals surface area contributed by atoms with Crippen molar-refractivity contribution in [2.75, 3.05) is 26.3 Å². The summed E-state index contributed by atoms with van der Waals surface area (Å²) in [6.45, 7) is 5.18. The fourth-order valence-corrected chi connectivity index (χ4v) is 4.84. The van der Waals surface area contributed by atoms with Gasteiger partial charge in [0.25, 0.3) is 5.56 Å². The Morgan fingerprint density at radius 3 is 2.56 bits per heavy atom. The minimum atomic E-state index is -0.364. The highest BCUT2D eigenvalue weighted by atomic mass is 16.5. The summed E-state index contributed by atoms with van der Waals surface area (Å²) in [7, 11) is 0. The number of hydrogen-bond acceptors (Lipinski definition) is 3. The lowest BCUT2D eigenvalue weighted by Crippen LogP contribution is -2.57. The number of likely N-dealkylation sites (tertiary alicyclic amines) is 1. The summed E-state index contributed by atoms with van der Waals surface area (Å²) in [5, 5.41) is 0. The largest absolute Gasteiger partial charge is 0.379 e. The number of carbonyl (C=O) groups excluding carboxylic acids is 1. The van der Waals surface area contributed by atoms with Crippen LogP contribution in [-0.4, -0.2) is 41.7 Å². The van der Waals surface area contributed by atoms with E-state index in [2.05, 4.69) is 6.07 Å². The van der Waals surface area contributed by atoms with E-state index in [9.17, 15) is 9.59 Å². The number of nitrogens with zero attached hydrogens (tertiary/aromatic N) is 2. The number of piperidine rings is 1. The third kappa shape index (κ3) is 2.72. The molecule has 2 fully saturated rings. The van der Waals surface area contributed by atoms with Crippen molar-refractivity contribution in [3.8, 4) is 11.1 Å². The summed E-state index contributed by atoms with van der Waals surface area (Å²) >= 11 is 0. The quantitative estimate of drug-likeness (QED) is 0.823. The van der Waals surface area contributed by atoms with Gasteiger partial charge in [0.15, 0.2) is 0 Å². The average molecular weight is 364 g/mol. The van der Waals surface area contributed by atoms with Crippen LogP contribution >= 0.6 is 0 Å². The zero-order chi connectivity index (χ0) is 18.6. The van der Waals surface area contributed by atoms with Crippen molar-refractivity contribution in [3.63, 3.8) is 0 Å². The van der Waals surface area contributed by atoms with Gasteiger partial charge in [-0.3, -0.25) is 9.59 Å². The zero-order valence-corrected chi connectivity index (χ0v) is 15.6. The molecule has 1 amide bonds. The topological polar surface area (TPSA) is 51.5 Å². The van der Waals surface area contributed by atoms with Crippen LogP contribution < -0.4 is 5.56 Å². The molecule has 0 radical (unpaired) electrons. The van der Waals surface area contributed by atoms with Gasteiger partial charge in [-0.1, -0.05) is 30.3 Å². The summed E-state index contributed by atoms with van der Waals surface area (Å²) in [4.78, 5) is 27.8. The van der Waals surface area contributed by atoms with Crippen LogP contribution in [0.3, 0.4) is 0 Å². The maximum absolute atomic E-state index is 13.0. The Bertz CT molecular complexity index is 946. The summed E-state index contributed by atoms with van der Waals surface area (Å²) < 4.78 is 7.22. The van der Waals surface area contributed by atoms with Gasteiger partial charge in [-0.15, -0.1) is 0 Å². The monoisotopic (exact) mass is 364 g/mol. The van der Waals surface area contributed by atoms with Gasteiger partial charge in [0, 0.05) is 37.3 Å². The Balaban J connectivity index is 1.49. The van der Waals surface area contributed by atoms with Crippen molar-refractivity contribution in [3.05, 3.63) is 58.5 Å². The Labute approximate surface area is 158 Å². The lowest BCUT2D eigenvalue weighted by atomic mass is 9.80. The molecule has 2 bridgehead atoms. The van der Waals surface area contributed by atoms with Gasteiger partial charge in [0.2, 0.25) is 5.91 Å². The number of ether oxygens (including phenoxy) is 1. The van der Waals surface area contributed by atoms with Gasteiger partial charge in [-0.05, 0) is 36.5 Å². The molecule has 5 nitrogen and oxygen atoms in total. The molecule has 4 heterocycles. The van der Waals surface area contributed by atoms with Crippen LogP contribution in [0.1, 0.15) is 25.0 Å². The van der Waals surface area contributed by atoms with E-state index in [1.165, 1.54) is 0 Å². The van der Waals surface area contributed by atoms with Crippen LogP contribution in [-0.2, 0) is 16.1 Å². The number of hydrogen-bond donors (Lipinski definition) is 0. The summed E-state index contributed by atoms with van der Waals surface area (Å²) in [5.41, 5.74) is 2.80. The van der Waals surface area contributed by atoms with Crippen LogP contribution in [0.2, 0.25) is 0 Å². The van der Waals surface area contributed by atoms with Crippen LogP contribution in [0.15, 0.2) is 47.3 Å². The molecular formula is C22H24N2O3. The highest BCUT2D eigenvalue weighted by Gasteiger charge is 2.46. The molecule has 0 unspecified atom stereocenters. The average Bonchev–Trinajstić information content (AvgIpc) is 2.66. The Morgan fingerprint density at radius 1 is 1.07 bits per heavy atom. The molecule has 2 saturated heterocycles. The van der Waals surface area contributed by atoms with E-state index in [1.807, 2.05) is 46.7 Å². The first-order valence-electron chi connectivity index (χ1n) is 9.71. The number of fused-ring (bicyclic) bond motifs is 4. The van der Waals surface area contributed by atoms with E-state index in [0.29, 0.717) is 32.2 Å². The minimum absolute atomic E-state index is 0.0696. The molecule has 0 aliphatic carbocycles. The molecule has 140 valence electrons. The Hall–Kier alpha value is -2.40. The summed E-state index contributed by atoms with van der Waals surface area (Å²) in [6, 6.07) is 13.9. The summed E-state index contributed by atoms with van der Waals surface area (Å²) in [5.74, 6) is 0.783. The fourth-order valence-electron chi connectivity index (χ4n) is 4.84. The van der Waals surface area contributed by atoms with Gasteiger partial charge >= 0.3 is 0 Å². The van der Waals surface area contributed by atoms with Crippen LogP contribution in [0, 0.1) is 11.3 Å². The van der Waals surface area contributed by atoms with Gasteiger partial charge in [0.1, 0.15) is 0 Å². The van der Waals surface area contributed by atoms with E-state index >= 15 is 0 Å². The van der Waals surface area contributed by atoms with Crippen molar-refractivity contribution in [1.29, 1.82) is 0 Å². The first kappa shape index (κ1) is 16.8. The lowest BCUT2D eigenvalue weighted by molar-refractivity contribution is -0.171. The maximum Gasteiger partial charge on any atom is 0.251 e. The van der Waals surface area contributed by atoms with Crippen molar-refractivity contribution < 1.29 is 9.53 Å². The second kappa shape index (κ2) is 6.06. The Morgan fingerprint density at radius 2 is 1.85 bits per heavy atom. The first-order chi connectivity index (χ1) is 13.0. The number of pyridine rings is 1. The van der Waals surface area contributed by atoms with Gasteiger partial charge < -0.3 is 14.2 Å². The molecule has 3 aliphatic rings. The standard InChI is InChI=1S/C22H24N2O3/c1-22(13-27-14-22)21(26)23-10-15-7-18(12-23)19-8-17(9-20(25)24(19)11-15)16-5-3-2-4-6-16/h2-6,8-9,15,18H,7,10-14H2,1H3/t15-,18+/m0/s1. The summed E-state index contributed by atoms with van der Waals surface area (Å²) in [6.07, 6.45) is 1.05. The lowest BCUT2D eigenvalue weighted by Gasteiger charge is -2.47. The highest BCUT2D eigenvalue weighted by molar-refractivity contribution is 5.83. The highest BCUT2D eigenvalue weighted by Crippen LogP contribution is 2.39. The minimum Gasteiger partial charge on any atom is -0.379 e. The first-order valence-corrected chi connectivity index (χ1v) is 9.71. The van der Waals surface area contributed by atoms with Gasteiger partial charge in [-0.25, -0.2) is 0 Å². The van der Waals surface area contributed by atoms with Gasteiger partial charge in [0.05, 0.1) is 18.6 Å². The van der Waals surface area contributed by atoms with Crippen molar-refractivity contribution in [1.82, 2.24) is 9.47 Å². The molecule has 1 aromatic heterocycles. The maximum atomic E-state index is 13.0. The molecule has 0 spiro atoms. The molecule has 5 heteroatoms. The number of rotatable bonds is 2. The van der Waals surface area contributed by atoms with E-state index in [4.69, 9.17) is 4.74 Å². The van der Waals surface area contributed by atoms with Gasteiger partial charge in [-0.2, -0.15) is 0 Å². The fraction of sp³-hybridized carbons (Fsp3) is 0.455. The number of amides is 1. The normalized spacial score (nSPS) is 25.4. The predicted molar refractivity (Wildman–Crippen MR) is 102 cm³/mol.